The van der Waals surface area contributed by atoms with Gasteiger partial charge >= 0.3 is 0 Å². The van der Waals surface area contributed by atoms with Gasteiger partial charge in [0.25, 0.3) is 5.91 Å². The monoisotopic (exact) mass is 349 g/mol. The molecule has 3 heterocycles. The molecule has 2 aliphatic rings. The molecular formula is C18H27N3O4. The van der Waals surface area contributed by atoms with Crippen molar-refractivity contribution in [3.63, 3.8) is 0 Å². The first-order chi connectivity index (χ1) is 12.1. The highest BCUT2D eigenvalue weighted by molar-refractivity contribution is 5.93. The number of oxazole rings is 1. The number of aryl methyl sites for hydroxylation is 1. The minimum Gasteiger partial charge on any atom is -0.448 e. The van der Waals surface area contributed by atoms with E-state index in [2.05, 4.69) is 4.98 Å². The standard InChI is InChI=1S/C18H27N3O4/c1-3-14-16(19-13-25-14)17(23)21-8-4-6-18(12-21)7-5-15(22)20(11-18)9-10-24-2/h13H,3-12H2,1-2H3. The third-order valence-corrected chi connectivity index (χ3v) is 5.43. The van der Waals surface area contributed by atoms with E-state index in [1.54, 1.807) is 7.11 Å². The Labute approximate surface area is 148 Å². The molecule has 1 spiro atoms. The number of methoxy groups -OCH3 is 1. The summed E-state index contributed by atoms with van der Waals surface area (Å²) in [4.78, 5) is 33.0. The maximum atomic E-state index is 12.9. The maximum Gasteiger partial charge on any atom is 0.276 e. The zero-order valence-electron chi connectivity index (χ0n) is 15.1. The summed E-state index contributed by atoms with van der Waals surface area (Å²) in [5.74, 6) is 0.783. The minimum absolute atomic E-state index is 0.00826. The van der Waals surface area contributed by atoms with Crippen molar-refractivity contribution in [2.75, 3.05) is 39.9 Å². The van der Waals surface area contributed by atoms with Gasteiger partial charge in [0.05, 0.1) is 6.61 Å². The summed E-state index contributed by atoms with van der Waals surface area (Å²) < 4.78 is 10.4. The number of hydrogen-bond acceptors (Lipinski definition) is 5. The van der Waals surface area contributed by atoms with Crippen molar-refractivity contribution < 1.29 is 18.7 Å². The van der Waals surface area contributed by atoms with Crippen molar-refractivity contribution in [1.82, 2.24) is 14.8 Å². The first kappa shape index (κ1) is 17.9. The summed E-state index contributed by atoms with van der Waals surface area (Å²) in [5.41, 5.74) is 0.425. The van der Waals surface area contributed by atoms with Gasteiger partial charge in [0.1, 0.15) is 5.76 Å². The number of aromatic nitrogens is 1. The Hall–Kier alpha value is -1.89. The summed E-state index contributed by atoms with van der Waals surface area (Å²) in [6, 6.07) is 0. The fourth-order valence-corrected chi connectivity index (χ4v) is 4.07. The van der Waals surface area contributed by atoms with Gasteiger partial charge in [-0.3, -0.25) is 9.59 Å². The predicted octanol–water partition coefficient (Wildman–Crippen LogP) is 1.73. The van der Waals surface area contributed by atoms with Gasteiger partial charge in [0.2, 0.25) is 5.91 Å². The second-order valence-electron chi connectivity index (χ2n) is 7.12. The van der Waals surface area contributed by atoms with E-state index in [9.17, 15) is 9.59 Å². The molecule has 2 aliphatic heterocycles. The van der Waals surface area contributed by atoms with E-state index in [0.29, 0.717) is 50.5 Å². The number of rotatable bonds is 5. The van der Waals surface area contributed by atoms with Crippen LogP contribution in [0.25, 0.3) is 0 Å². The average Bonchev–Trinajstić information content (AvgIpc) is 3.11. The molecule has 0 N–H and O–H groups in total. The molecule has 1 unspecified atom stereocenters. The molecular weight excluding hydrogens is 322 g/mol. The Morgan fingerprint density at radius 3 is 3.00 bits per heavy atom. The molecule has 138 valence electrons. The normalized spacial score (nSPS) is 24.2. The van der Waals surface area contributed by atoms with Gasteiger partial charge in [0.15, 0.2) is 12.1 Å². The Morgan fingerprint density at radius 2 is 2.24 bits per heavy atom. The zero-order valence-corrected chi connectivity index (χ0v) is 15.1. The van der Waals surface area contributed by atoms with Gasteiger partial charge in [-0.05, 0) is 19.3 Å². The topological polar surface area (TPSA) is 75.9 Å². The van der Waals surface area contributed by atoms with Crippen LogP contribution in [0.3, 0.4) is 0 Å². The van der Waals surface area contributed by atoms with Crippen molar-refractivity contribution in [3.8, 4) is 0 Å². The molecule has 1 aromatic rings. The molecule has 7 heteroatoms. The van der Waals surface area contributed by atoms with E-state index in [1.807, 2.05) is 16.7 Å². The van der Waals surface area contributed by atoms with Crippen molar-refractivity contribution >= 4 is 11.8 Å². The molecule has 1 aromatic heterocycles. The van der Waals surface area contributed by atoms with E-state index in [4.69, 9.17) is 9.15 Å². The quantitative estimate of drug-likeness (QED) is 0.809. The highest BCUT2D eigenvalue weighted by Gasteiger charge is 2.43. The maximum absolute atomic E-state index is 12.9. The number of nitrogens with zero attached hydrogens (tertiary/aromatic N) is 3. The van der Waals surface area contributed by atoms with E-state index >= 15 is 0 Å². The lowest BCUT2D eigenvalue weighted by Crippen LogP contribution is -2.55. The number of hydrogen-bond donors (Lipinski definition) is 0. The summed E-state index contributed by atoms with van der Waals surface area (Å²) >= 11 is 0. The summed E-state index contributed by atoms with van der Waals surface area (Å²) in [7, 11) is 1.65. The van der Waals surface area contributed by atoms with Crippen LogP contribution in [0.2, 0.25) is 0 Å². The minimum atomic E-state index is -0.0509. The number of carbonyl (C=O) groups excluding carboxylic acids is 2. The molecule has 2 saturated heterocycles. The van der Waals surface area contributed by atoms with Gasteiger partial charge in [-0.2, -0.15) is 0 Å². The molecule has 1 atom stereocenters. The Balaban J connectivity index is 1.71. The summed E-state index contributed by atoms with van der Waals surface area (Å²) in [6.45, 7) is 5.24. The van der Waals surface area contributed by atoms with Crippen LogP contribution in [0.1, 0.15) is 48.9 Å². The lowest BCUT2D eigenvalue weighted by molar-refractivity contribution is -0.139. The Bertz CT molecular complexity index is 630. The lowest BCUT2D eigenvalue weighted by atomic mass is 9.73. The smallest absolute Gasteiger partial charge is 0.276 e. The Kier molecular flexibility index (Phi) is 5.42. The molecule has 7 nitrogen and oxygen atoms in total. The molecule has 2 amide bonds. The molecule has 0 saturated carbocycles. The van der Waals surface area contributed by atoms with Crippen LogP contribution in [0, 0.1) is 5.41 Å². The summed E-state index contributed by atoms with van der Waals surface area (Å²) in [6.07, 6.45) is 5.40. The SMILES string of the molecule is CCc1ocnc1C(=O)N1CCCC2(CCC(=O)N(CCOC)C2)C1. The molecule has 3 rings (SSSR count). The van der Waals surface area contributed by atoms with E-state index in [0.717, 1.165) is 25.8 Å². The second-order valence-corrected chi connectivity index (χ2v) is 7.12. The highest BCUT2D eigenvalue weighted by atomic mass is 16.5. The van der Waals surface area contributed by atoms with E-state index in [-0.39, 0.29) is 17.2 Å². The first-order valence-corrected chi connectivity index (χ1v) is 9.07. The van der Waals surface area contributed by atoms with Crippen LogP contribution in [-0.2, 0) is 16.0 Å². The number of likely N-dealkylation sites (tertiary alicyclic amines) is 2. The van der Waals surface area contributed by atoms with Crippen LogP contribution < -0.4 is 0 Å². The number of ether oxygens (including phenoxy) is 1. The van der Waals surface area contributed by atoms with Crippen molar-refractivity contribution in [1.29, 1.82) is 0 Å². The van der Waals surface area contributed by atoms with Crippen molar-refractivity contribution in [2.45, 2.75) is 39.0 Å². The highest BCUT2D eigenvalue weighted by Crippen LogP contribution is 2.39. The largest absolute Gasteiger partial charge is 0.448 e. The van der Waals surface area contributed by atoms with Crippen LogP contribution in [0.5, 0.6) is 0 Å². The lowest BCUT2D eigenvalue weighted by Gasteiger charge is -2.48. The van der Waals surface area contributed by atoms with Crippen LogP contribution >= 0.6 is 0 Å². The zero-order chi connectivity index (χ0) is 17.9. The molecule has 25 heavy (non-hydrogen) atoms. The van der Waals surface area contributed by atoms with Gasteiger partial charge < -0.3 is 19.0 Å². The van der Waals surface area contributed by atoms with Crippen LogP contribution in [0.15, 0.2) is 10.8 Å². The van der Waals surface area contributed by atoms with Crippen molar-refractivity contribution in [3.05, 3.63) is 17.8 Å². The number of piperidine rings is 2. The molecule has 0 aromatic carbocycles. The number of carbonyl (C=O) groups is 2. The van der Waals surface area contributed by atoms with Crippen LogP contribution in [0.4, 0.5) is 0 Å². The van der Waals surface area contributed by atoms with Gasteiger partial charge in [-0.1, -0.05) is 6.92 Å². The second kappa shape index (κ2) is 7.56. The third kappa shape index (κ3) is 3.71. The van der Waals surface area contributed by atoms with E-state index < -0.39 is 0 Å². The third-order valence-electron chi connectivity index (χ3n) is 5.43. The van der Waals surface area contributed by atoms with E-state index in [1.165, 1.54) is 6.39 Å². The van der Waals surface area contributed by atoms with Gasteiger partial charge in [-0.15, -0.1) is 0 Å². The molecule has 0 aliphatic carbocycles. The first-order valence-electron chi connectivity index (χ1n) is 9.07. The fraction of sp³-hybridized carbons (Fsp3) is 0.722. The average molecular weight is 349 g/mol. The predicted molar refractivity (Wildman–Crippen MR) is 91.1 cm³/mol. The van der Waals surface area contributed by atoms with Gasteiger partial charge in [-0.25, -0.2) is 4.98 Å². The fourth-order valence-electron chi connectivity index (χ4n) is 4.07. The molecule has 0 bridgehead atoms. The van der Waals surface area contributed by atoms with Crippen LogP contribution in [-0.4, -0.2) is 66.5 Å². The summed E-state index contributed by atoms with van der Waals surface area (Å²) in [5, 5.41) is 0. The molecule has 0 radical (unpaired) electrons. The Morgan fingerprint density at radius 1 is 1.40 bits per heavy atom. The number of amides is 2. The molecule has 2 fully saturated rings. The van der Waals surface area contributed by atoms with Gasteiger partial charge in [0, 0.05) is 51.5 Å². The van der Waals surface area contributed by atoms with Crippen molar-refractivity contribution in [2.24, 2.45) is 5.41 Å².